The molecule has 2 rings (SSSR count). The molecule has 8 heteroatoms. The Kier molecular flexibility index (Phi) is 5.37. The molecule has 1 aliphatic rings. The van der Waals surface area contributed by atoms with E-state index in [0.717, 1.165) is 12.8 Å². The topological polar surface area (TPSA) is 72.6 Å². The molecule has 0 atom stereocenters. The Bertz CT molecular complexity index is 620. The first-order chi connectivity index (χ1) is 9.91. The average molecular weight is 381 g/mol. The Morgan fingerprint density at radius 1 is 1.48 bits per heavy atom. The largest absolute Gasteiger partial charge is 0.383 e. The Balaban J connectivity index is 2.44. The Morgan fingerprint density at radius 2 is 2.14 bits per heavy atom. The molecule has 2 N–H and O–H groups in total. The summed E-state index contributed by atoms with van der Waals surface area (Å²) in [7, 11) is -2.40. The first-order valence-corrected chi connectivity index (χ1v) is 8.84. The van der Waals surface area contributed by atoms with E-state index in [2.05, 4.69) is 15.9 Å². The average Bonchev–Trinajstić information content (AvgIpc) is 3.25. The molecule has 1 aliphatic carbocycles. The van der Waals surface area contributed by atoms with Gasteiger partial charge in [0.25, 0.3) is 0 Å². The van der Waals surface area contributed by atoms with Crippen LogP contribution >= 0.6 is 15.9 Å². The lowest BCUT2D eigenvalue weighted by atomic mass is 10.2. The van der Waals surface area contributed by atoms with Crippen LogP contribution in [0.4, 0.5) is 4.39 Å². The van der Waals surface area contributed by atoms with Gasteiger partial charge in [-0.05, 0) is 25.0 Å². The third kappa shape index (κ3) is 3.62. The van der Waals surface area contributed by atoms with Crippen molar-refractivity contribution in [1.29, 1.82) is 0 Å². The number of rotatable bonds is 7. The van der Waals surface area contributed by atoms with Crippen molar-refractivity contribution < 1.29 is 17.5 Å². The fourth-order valence-electron chi connectivity index (χ4n) is 2.12. The van der Waals surface area contributed by atoms with Crippen molar-refractivity contribution in [2.45, 2.75) is 30.3 Å². The summed E-state index contributed by atoms with van der Waals surface area (Å²) < 4.78 is 46.6. The van der Waals surface area contributed by atoms with Gasteiger partial charge in [-0.2, -0.15) is 4.31 Å². The quantitative estimate of drug-likeness (QED) is 0.783. The van der Waals surface area contributed by atoms with Crippen molar-refractivity contribution >= 4 is 26.0 Å². The van der Waals surface area contributed by atoms with Crippen LogP contribution in [-0.4, -0.2) is 39.0 Å². The molecule has 0 heterocycles. The smallest absolute Gasteiger partial charge is 0.246 e. The zero-order chi connectivity index (χ0) is 15.6. The minimum atomic E-state index is -3.90. The van der Waals surface area contributed by atoms with Gasteiger partial charge >= 0.3 is 0 Å². The SMILES string of the molecule is COCCN(C1CC1)S(=O)(=O)c1cc(Br)cc(CN)c1F. The fourth-order valence-corrected chi connectivity index (χ4v) is 4.58. The summed E-state index contributed by atoms with van der Waals surface area (Å²) in [5, 5.41) is 0. The highest BCUT2D eigenvalue weighted by atomic mass is 79.9. The summed E-state index contributed by atoms with van der Waals surface area (Å²) in [5.74, 6) is -0.774. The molecular formula is C13H18BrFN2O3S. The van der Waals surface area contributed by atoms with Gasteiger partial charge in [0, 0.05) is 36.3 Å². The Labute approximate surface area is 132 Å². The number of halogens is 2. The molecule has 0 amide bonds. The third-order valence-corrected chi connectivity index (χ3v) is 5.76. The summed E-state index contributed by atoms with van der Waals surface area (Å²) >= 11 is 3.21. The van der Waals surface area contributed by atoms with Crippen molar-refractivity contribution in [1.82, 2.24) is 4.31 Å². The number of ether oxygens (including phenoxy) is 1. The molecule has 21 heavy (non-hydrogen) atoms. The van der Waals surface area contributed by atoms with Crippen LogP contribution in [0.5, 0.6) is 0 Å². The zero-order valence-corrected chi connectivity index (χ0v) is 14.1. The molecule has 0 saturated heterocycles. The van der Waals surface area contributed by atoms with Gasteiger partial charge in [-0.3, -0.25) is 0 Å². The highest BCUT2D eigenvalue weighted by Gasteiger charge is 2.39. The van der Waals surface area contributed by atoms with E-state index in [1.807, 2.05) is 0 Å². The molecule has 0 radical (unpaired) electrons. The monoisotopic (exact) mass is 380 g/mol. The predicted octanol–water partition coefficient (Wildman–Crippen LogP) is 1.85. The second-order valence-electron chi connectivity index (χ2n) is 4.92. The van der Waals surface area contributed by atoms with Gasteiger partial charge in [-0.25, -0.2) is 12.8 Å². The van der Waals surface area contributed by atoms with E-state index in [1.165, 1.54) is 23.5 Å². The molecule has 0 aromatic heterocycles. The minimum Gasteiger partial charge on any atom is -0.383 e. The van der Waals surface area contributed by atoms with Crippen LogP contribution in [0.2, 0.25) is 0 Å². The fraction of sp³-hybridized carbons (Fsp3) is 0.538. The maximum absolute atomic E-state index is 14.4. The van der Waals surface area contributed by atoms with Crippen LogP contribution in [-0.2, 0) is 21.3 Å². The van der Waals surface area contributed by atoms with Gasteiger partial charge in [0.15, 0.2) is 0 Å². The number of sulfonamides is 1. The molecule has 1 aromatic carbocycles. The Hall–Kier alpha value is -0.540. The van der Waals surface area contributed by atoms with Crippen LogP contribution in [0.3, 0.4) is 0 Å². The summed E-state index contributed by atoms with van der Waals surface area (Å²) in [6.07, 6.45) is 1.59. The van der Waals surface area contributed by atoms with Gasteiger partial charge in [-0.1, -0.05) is 15.9 Å². The molecule has 5 nitrogen and oxygen atoms in total. The van der Waals surface area contributed by atoms with Gasteiger partial charge in [0.1, 0.15) is 10.7 Å². The number of nitrogens with zero attached hydrogens (tertiary/aromatic N) is 1. The molecule has 1 aromatic rings. The first kappa shape index (κ1) is 16.8. The lowest BCUT2D eigenvalue weighted by Crippen LogP contribution is -2.36. The number of nitrogens with two attached hydrogens (primary N) is 1. The number of benzene rings is 1. The molecule has 0 bridgehead atoms. The van der Waals surface area contributed by atoms with E-state index in [9.17, 15) is 12.8 Å². The van der Waals surface area contributed by atoms with Gasteiger partial charge in [-0.15, -0.1) is 0 Å². The van der Waals surface area contributed by atoms with E-state index < -0.39 is 15.8 Å². The zero-order valence-electron chi connectivity index (χ0n) is 11.7. The lowest BCUT2D eigenvalue weighted by Gasteiger charge is -2.22. The van der Waals surface area contributed by atoms with Crippen molar-refractivity contribution in [2.75, 3.05) is 20.3 Å². The van der Waals surface area contributed by atoms with Crippen LogP contribution in [0, 0.1) is 5.82 Å². The summed E-state index contributed by atoms with van der Waals surface area (Å²) in [6.45, 7) is 0.428. The van der Waals surface area contributed by atoms with Crippen LogP contribution < -0.4 is 5.73 Å². The molecule has 0 unspecified atom stereocenters. The first-order valence-electron chi connectivity index (χ1n) is 6.60. The standard InChI is InChI=1S/C13H18BrFN2O3S/c1-20-5-4-17(11-2-3-11)21(18,19)12-7-10(14)6-9(8-16)13(12)15/h6-7,11H,2-5,8,16H2,1H3. The number of hydrogen-bond acceptors (Lipinski definition) is 4. The molecule has 118 valence electrons. The van der Waals surface area contributed by atoms with E-state index in [0.29, 0.717) is 4.47 Å². The van der Waals surface area contributed by atoms with Crippen LogP contribution in [0.15, 0.2) is 21.5 Å². The molecule has 0 aliphatic heterocycles. The van der Waals surface area contributed by atoms with Crippen molar-refractivity contribution in [2.24, 2.45) is 5.73 Å². The maximum atomic E-state index is 14.4. The minimum absolute atomic E-state index is 0.0602. The van der Waals surface area contributed by atoms with E-state index in [4.69, 9.17) is 10.5 Å². The number of hydrogen-bond donors (Lipinski definition) is 1. The molecular weight excluding hydrogens is 363 g/mol. The molecule has 0 spiro atoms. The predicted molar refractivity (Wildman–Crippen MR) is 80.8 cm³/mol. The van der Waals surface area contributed by atoms with E-state index in [1.54, 1.807) is 0 Å². The van der Waals surface area contributed by atoms with Crippen LogP contribution in [0.25, 0.3) is 0 Å². The van der Waals surface area contributed by atoms with Crippen molar-refractivity contribution in [3.63, 3.8) is 0 Å². The highest BCUT2D eigenvalue weighted by molar-refractivity contribution is 9.10. The second kappa shape index (κ2) is 6.70. The van der Waals surface area contributed by atoms with Gasteiger partial charge in [0.2, 0.25) is 10.0 Å². The van der Waals surface area contributed by atoms with Crippen molar-refractivity contribution in [3.8, 4) is 0 Å². The maximum Gasteiger partial charge on any atom is 0.246 e. The van der Waals surface area contributed by atoms with Crippen molar-refractivity contribution in [3.05, 3.63) is 28.0 Å². The van der Waals surface area contributed by atoms with Crippen LogP contribution in [0.1, 0.15) is 18.4 Å². The third-order valence-electron chi connectivity index (χ3n) is 3.36. The second-order valence-corrected chi connectivity index (χ2v) is 7.70. The molecule has 1 saturated carbocycles. The lowest BCUT2D eigenvalue weighted by molar-refractivity contribution is 0.177. The number of methoxy groups -OCH3 is 1. The highest BCUT2D eigenvalue weighted by Crippen LogP contribution is 2.34. The van der Waals surface area contributed by atoms with Gasteiger partial charge < -0.3 is 10.5 Å². The Morgan fingerprint density at radius 3 is 2.67 bits per heavy atom. The summed E-state index contributed by atoms with van der Waals surface area (Å²) in [6, 6.07) is 2.71. The summed E-state index contributed by atoms with van der Waals surface area (Å²) in [4.78, 5) is -0.333. The summed E-state index contributed by atoms with van der Waals surface area (Å²) in [5.41, 5.74) is 5.64. The van der Waals surface area contributed by atoms with E-state index in [-0.39, 0.29) is 36.2 Å². The normalized spacial score (nSPS) is 15.7. The van der Waals surface area contributed by atoms with E-state index >= 15 is 0 Å². The molecule has 1 fully saturated rings. The van der Waals surface area contributed by atoms with Gasteiger partial charge in [0.05, 0.1) is 6.61 Å².